The molecule has 0 unspecified atom stereocenters. The van der Waals surface area contributed by atoms with Crippen LogP contribution in [0.3, 0.4) is 0 Å². The lowest BCUT2D eigenvalue weighted by Crippen LogP contribution is -2.04. The van der Waals surface area contributed by atoms with Crippen molar-refractivity contribution in [1.82, 2.24) is 0 Å². The minimum Gasteiger partial charge on any atom is -0.463 e. The second kappa shape index (κ2) is 12.0. The first-order chi connectivity index (χ1) is 9.20. The largest absolute Gasteiger partial charge is 0.463 e. The average Bonchev–Trinajstić information content (AvgIpc) is 2.41. The zero-order valence-electron chi connectivity index (χ0n) is 10.6. The van der Waals surface area contributed by atoms with E-state index in [1.165, 1.54) is 24.3 Å². The van der Waals surface area contributed by atoms with E-state index >= 15 is 0 Å². The van der Waals surface area contributed by atoms with Crippen LogP contribution in [0.15, 0.2) is 24.3 Å². The number of rotatable bonds is 8. The Bertz CT molecular complexity index is 378. The third-order valence-corrected chi connectivity index (χ3v) is 1.91. The van der Waals surface area contributed by atoms with Gasteiger partial charge >= 0.3 is 11.9 Å². The highest BCUT2D eigenvalue weighted by Gasteiger charge is 1.98. The van der Waals surface area contributed by atoms with Gasteiger partial charge in [0.15, 0.2) is 0 Å². The summed E-state index contributed by atoms with van der Waals surface area (Å²) in [7, 11) is 0. The molecule has 0 amide bonds. The highest BCUT2D eigenvalue weighted by Crippen LogP contribution is 1.98. The fourth-order valence-corrected chi connectivity index (χ4v) is 1.05. The number of carbonyl (C=O) groups is 2. The average molecular weight is 260 g/mol. The fraction of sp³-hybridized carbons (Fsp3) is 0.333. The maximum absolute atomic E-state index is 11.0. The van der Waals surface area contributed by atoms with E-state index in [0.29, 0.717) is 26.1 Å². The van der Waals surface area contributed by atoms with Crippen molar-refractivity contribution in [1.29, 1.82) is 0 Å². The first-order valence-corrected chi connectivity index (χ1v) is 5.79. The molecule has 0 fully saturated rings. The van der Waals surface area contributed by atoms with Gasteiger partial charge < -0.3 is 9.47 Å². The van der Waals surface area contributed by atoms with E-state index < -0.39 is 11.9 Å². The minimum atomic E-state index is -0.455. The molecular weight excluding hydrogens is 244 g/mol. The van der Waals surface area contributed by atoms with E-state index in [4.69, 9.17) is 22.3 Å². The van der Waals surface area contributed by atoms with Crippen LogP contribution in [0.2, 0.25) is 0 Å². The molecule has 0 aliphatic heterocycles. The summed E-state index contributed by atoms with van der Waals surface area (Å²) in [6.07, 6.45) is 17.0. The van der Waals surface area contributed by atoms with Crippen LogP contribution >= 0.6 is 0 Å². The Hall–Kier alpha value is -2.46. The molecule has 0 aromatic heterocycles. The molecule has 0 aliphatic rings. The second-order valence-corrected chi connectivity index (χ2v) is 3.40. The van der Waals surface area contributed by atoms with Crippen LogP contribution in [0.25, 0.3) is 0 Å². The van der Waals surface area contributed by atoms with Crippen molar-refractivity contribution in [2.24, 2.45) is 0 Å². The number of esters is 2. The Morgan fingerprint density at radius 2 is 1.26 bits per heavy atom. The molecule has 0 rings (SSSR count). The molecular formula is C15H16O4. The summed E-state index contributed by atoms with van der Waals surface area (Å²) >= 11 is 0. The molecule has 0 aliphatic carbocycles. The number of hydrogen-bond donors (Lipinski definition) is 0. The smallest absolute Gasteiger partial charge is 0.331 e. The third kappa shape index (κ3) is 11.8. The molecule has 4 nitrogen and oxygen atoms in total. The number of unbranched alkanes of at least 4 members (excludes halogenated alkanes) is 2. The van der Waals surface area contributed by atoms with Gasteiger partial charge in [-0.3, -0.25) is 0 Å². The van der Waals surface area contributed by atoms with Crippen molar-refractivity contribution < 1.29 is 19.1 Å². The fourth-order valence-electron chi connectivity index (χ4n) is 1.05. The SMILES string of the molecule is C#C/C=C\C(=O)OCCCCCOC(=O)/C=C\C#C. The van der Waals surface area contributed by atoms with E-state index in [0.717, 1.165) is 6.42 Å². The Morgan fingerprint density at radius 3 is 1.63 bits per heavy atom. The molecule has 0 heterocycles. The molecule has 0 saturated carbocycles. The van der Waals surface area contributed by atoms with Crippen molar-refractivity contribution in [3.63, 3.8) is 0 Å². The normalized spacial score (nSPS) is 10.0. The van der Waals surface area contributed by atoms with Crippen molar-refractivity contribution in [3.05, 3.63) is 24.3 Å². The molecule has 0 spiro atoms. The van der Waals surface area contributed by atoms with Gasteiger partial charge in [-0.05, 0) is 31.4 Å². The maximum Gasteiger partial charge on any atom is 0.331 e. The summed E-state index contributed by atoms with van der Waals surface area (Å²) in [5.41, 5.74) is 0. The van der Waals surface area contributed by atoms with Gasteiger partial charge in [0.25, 0.3) is 0 Å². The van der Waals surface area contributed by atoms with Crippen molar-refractivity contribution in [2.75, 3.05) is 13.2 Å². The monoisotopic (exact) mass is 260 g/mol. The quantitative estimate of drug-likeness (QED) is 0.288. The zero-order chi connectivity index (χ0) is 14.3. The van der Waals surface area contributed by atoms with Crippen LogP contribution in [-0.2, 0) is 19.1 Å². The summed E-state index contributed by atoms with van der Waals surface area (Å²) in [6.45, 7) is 0.636. The molecule has 0 bridgehead atoms. The summed E-state index contributed by atoms with van der Waals surface area (Å²) in [5, 5.41) is 0. The number of hydrogen-bond acceptors (Lipinski definition) is 4. The highest BCUT2D eigenvalue weighted by molar-refractivity contribution is 5.82. The molecule has 0 saturated heterocycles. The Labute approximate surface area is 113 Å². The van der Waals surface area contributed by atoms with Crippen LogP contribution in [0.4, 0.5) is 0 Å². The van der Waals surface area contributed by atoms with Crippen molar-refractivity contribution in [3.8, 4) is 24.7 Å². The van der Waals surface area contributed by atoms with E-state index in [1.807, 2.05) is 0 Å². The molecule has 19 heavy (non-hydrogen) atoms. The lowest BCUT2D eigenvalue weighted by molar-refractivity contribution is -0.138. The van der Waals surface area contributed by atoms with Gasteiger partial charge in [-0.2, -0.15) is 0 Å². The maximum atomic E-state index is 11.0. The van der Waals surface area contributed by atoms with Gasteiger partial charge in [0.2, 0.25) is 0 Å². The molecule has 0 N–H and O–H groups in total. The third-order valence-electron chi connectivity index (χ3n) is 1.91. The molecule has 100 valence electrons. The molecule has 0 aromatic rings. The van der Waals surface area contributed by atoms with Crippen LogP contribution in [-0.4, -0.2) is 25.2 Å². The number of terminal acetylenes is 2. The number of ether oxygens (including phenoxy) is 2. The van der Waals surface area contributed by atoms with Gasteiger partial charge in [0.1, 0.15) is 0 Å². The van der Waals surface area contributed by atoms with Crippen LogP contribution in [0, 0.1) is 24.7 Å². The predicted octanol–water partition coefficient (Wildman–Crippen LogP) is 1.62. The van der Waals surface area contributed by atoms with E-state index in [2.05, 4.69) is 11.8 Å². The van der Waals surface area contributed by atoms with Crippen molar-refractivity contribution in [2.45, 2.75) is 19.3 Å². The summed E-state index contributed by atoms with van der Waals surface area (Å²) in [5.74, 6) is 3.48. The standard InChI is InChI=1S/C15H16O4/c1-3-5-10-14(16)18-12-8-7-9-13-19-15(17)11-6-4-2/h1-2,5-6,10-11H,7-9,12-13H2/b10-5-,11-6-. The first-order valence-electron chi connectivity index (χ1n) is 5.79. The minimum absolute atomic E-state index is 0.318. The van der Waals surface area contributed by atoms with Gasteiger partial charge in [-0.15, -0.1) is 12.8 Å². The van der Waals surface area contributed by atoms with Crippen LogP contribution in [0.1, 0.15) is 19.3 Å². The van der Waals surface area contributed by atoms with Crippen LogP contribution < -0.4 is 0 Å². The van der Waals surface area contributed by atoms with Gasteiger partial charge in [-0.1, -0.05) is 11.8 Å². The second-order valence-electron chi connectivity index (χ2n) is 3.40. The summed E-state index contributed by atoms with van der Waals surface area (Å²) in [6, 6.07) is 0. The predicted molar refractivity (Wildman–Crippen MR) is 71.7 cm³/mol. The molecule has 0 radical (unpaired) electrons. The Morgan fingerprint density at radius 1 is 0.842 bits per heavy atom. The van der Waals surface area contributed by atoms with E-state index in [-0.39, 0.29) is 0 Å². The number of carbonyl (C=O) groups excluding carboxylic acids is 2. The first kappa shape index (κ1) is 16.5. The molecule has 0 atom stereocenters. The molecule has 4 heteroatoms. The zero-order valence-corrected chi connectivity index (χ0v) is 10.6. The summed E-state index contributed by atoms with van der Waals surface area (Å²) < 4.78 is 9.72. The Kier molecular flexibility index (Phi) is 10.5. The highest BCUT2D eigenvalue weighted by atomic mass is 16.5. The number of allylic oxidation sites excluding steroid dienone is 2. The lowest BCUT2D eigenvalue weighted by Gasteiger charge is -2.03. The van der Waals surface area contributed by atoms with Gasteiger partial charge in [0.05, 0.1) is 13.2 Å². The van der Waals surface area contributed by atoms with E-state index in [1.54, 1.807) is 0 Å². The lowest BCUT2D eigenvalue weighted by atomic mass is 10.2. The topological polar surface area (TPSA) is 52.6 Å². The van der Waals surface area contributed by atoms with Gasteiger partial charge in [-0.25, -0.2) is 9.59 Å². The Balaban J connectivity index is 3.42. The molecule has 0 aromatic carbocycles. The van der Waals surface area contributed by atoms with E-state index in [9.17, 15) is 9.59 Å². The van der Waals surface area contributed by atoms with Crippen LogP contribution in [0.5, 0.6) is 0 Å². The van der Waals surface area contributed by atoms with Gasteiger partial charge in [0, 0.05) is 12.2 Å². The summed E-state index contributed by atoms with van der Waals surface area (Å²) in [4.78, 5) is 22.0. The van der Waals surface area contributed by atoms with Crippen molar-refractivity contribution >= 4 is 11.9 Å².